The van der Waals surface area contributed by atoms with E-state index < -0.39 is 5.54 Å². The van der Waals surface area contributed by atoms with Gasteiger partial charge in [-0.05, 0) is 99.4 Å². The van der Waals surface area contributed by atoms with Crippen LogP contribution in [-0.2, 0) is 4.79 Å². The van der Waals surface area contributed by atoms with Crippen molar-refractivity contribution in [3.63, 3.8) is 0 Å². The summed E-state index contributed by atoms with van der Waals surface area (Å²) in [5, 5.41) is 4.17. The number of nitrogens with one attached hydrogen (secondary N) is 2. The van der Waals surface area contributed by atoms with E-state index in [1.54, 1.807) is 0 Å². The number of fused-ring (bicyclic) bond motifs is 2. The second-order valence-electron chi connectivity index (χ2n) is 9.12. The summed E-state index contributed by atoms with van der Waals surface area (Å²) in [6, 6.07) is 7.99. The van der Waals surface area contributed by atoms with Crippen LogP contribution in [-0.4, -0.2) is 17.5 Å². The van der Waals surface area contributed by atoms with Gasteiger partial charge < -0.3 is 5.32 Å². The third-order valence-electron chi connectivity index (χ3n) is 6.36. The Morgan fingerprint density at radius 2 is 1.79 bits per heavy atom. The summed E-state index contributed by atoms with van der Waals surface area (Å²) in [4.78, 5) is 14.2. The molecule has 1 aromatic rings. The van der Waals surface area contributed by atoms with Gasteiger partial charge in [0.25, 0.3) is 0 Å². The highest BCUT2D eigenvalue weighted by Crippen LogP contribution is 2.46. The molecule has 0 saturated heterocycles. The van der Waals surface area contributed by atoms with Crippen molar-refractivity contribution >= 4 is 29.5 Å². The number of hydrogen-bond donors (Lipinski definition) is 2. The smallest absolute Gasteiger partial charge is 0.240 e. The maximum Gasteiger partial charge on any atom is 0.240 e. The predicted molar refractivity (Wildman–Crippen MR) is 126 cm³/mol. The summed E-state index contributed by atoms with van der Waals surface area (Å²) in [5.74, 6) is 3.01. The van der Waals surface area contributed by atoms with E-state index in [-0.39, 0.29) is 5.91 Å². The maximum absolute atomic E-state index is 13.1. The second kappa shape index (κ2) is 11.1. The first-order valence-corrected chi connectivity index (χ1v) is 12.5. The fraction of sp³-hybridized carbons (Fsp3) is 0.708. The van der Waals surface area contributed by atoms with Crippen molar-refractivity contribution in [3.8, 4) is 0 Å². The van der Waals surface area contributed by atoms with Gasteiger partial charge >= 0.3 is 0 Å². The van der Waals surface area contributed by atoms with Crippen LogP contribution in [0.15, 0.2) is 29.2 Å². The Morgan fingerprint density at radius 3 is 2.41 bits per heavy atom. The van der Waals surface area contributed by atoms with E-state index in [4.69, 9.17) is 11.6 Å². The summed E-state index contributed by atoms with van der Waals surface area (Å²) in [7, 11) is 0. The van der Waals surface area contributed by atoms with E-state index in [1.165, 1.54) is 37.6 Å². The van der Waals surface area contributed by atoms with Crippen molar-refractivity contribution < 1.29 is 4.79 Å². The molecule has 2 aliphatic rings. The molecule has 164 valence electrons. The van der Waals surface area contributed by atoms with Crippen LogP contribution < -0.4 is 10.0 Å². The van der Waals surface area contributed by atoms with Gasteiger partial charge in [0.2, 0.25) is 5.91 Å². The number of benzene rings is 1. The summed E-state index contributed by atoms with van der Waals surface area (Å²) in [6.07, 6.45) is 6.35. The number of amides is 1. The number of carbonyl (C=O) groups is 1. The van der Waals surface area contributed by atoms with Crippen molar-refractivity contribution in [2.24, 2.45) is 23.7 Å². The van der Waals surface area contributed by atoms with Gasteiger partial charge in [0.05, 0.1) is 0 Å². The van der Waals surface area contributed by atoms with E-state index in [2.05, 4.69) is 23.9 Å². The molecule has 2 N–H and O–H groups in total. The van der Waals surface area contributed by atoms with Gasteiger partial charge in [0.1, 0.15) is 5.54 Å². The van der Waals surface area contributed by atoms with Crippen molar-refractivity contribution in [2.75, 3.05) is 0 Å². The average Bonchev–Trinajstić information content (AvgIpc) is 2.70. The second-order valence-corrected chi connectivity index (χ2v) is 10.4. The van der Waals surface area contributed by atoms with E-state index in [0.717, 1.165) is 28.2 Å². The SMILES string of the molecule is CC.CCC1CC2CC(C)CC(C2)C1NC(=O)C(C)(C)NSc1ccc(Cl)cc1. The first kappa shape index (κ1) is 24.6. The molecule has 2 aliphatic carbocycles. The highest BCUT2D eigenvalue weighted by Gasteiger charge is 2.43. The standard InChI is InChI=1S/C22H33ClN2OS.C2H6/c1-5-16-12-15-10-14(2)11-17(13-15)20(16)24-21(26)22(3,4)25-27-19-8-6-18(23)7-9-19;1-2/h6-9,14-17,20,25H,5,10-13H2,1-4H3,(H,24,26);1-2H3. The Bertz CT molecular complexity index is 647. The Balaban J connectivity index is 0.00000145. The first-order chi connectivity index (χ1) is 13.8. The lowest BCUT2D eigenvalue weighted by molar-refractivity contribution is -0.128. The Labute approximate surface area is 187 Å². The van der Waals surface area contributed by atoms with Crippen LogP contribution in [0.4, 0.5) is 0 Å². The van der Waals surface area contributed by atoms with Gasteiger partial charge in [0, 0.05) is 16.0 Å². The highest BCUT2D eigenvalue weighted by atomic mass is 35.5. The lowest BCUT2D eigenvalue weighted by Crippen LogP contribution is -2.58. The molecule has 2 fully saturated rings. The molecule has 3 nitrogen and oxygen atoms in total. The molecule has 0 aliphatic heterocycles. The number of rotatable bonds is 6. The molecule has 1 aromatic carbocycles. The monoisotopic (exact) mass is 438 g/mol. The van der Waals surface area contributed by atoms with Crippen molar-refractivity contribution in [2.45, 2.75) is 90.1 Å². The molecule has 29 heavy (non-hydrogen) atoms. The van der Waals surface area contributed by atoms with Gasteiger partial charge in [-0.25, -0.2) is 4.72 Å². The summed E-state index contributed by atoms with van der Waals surface area (Å²) in [5.41, 5.74) is -0.639. The van der Waals surface area contributed by atoms with Gasteiger partial charge in [-0.3, -0.25) is 4.79 Å². The average molecular weight is 439 g/mol. The van der Waals surface area contributed by atoms with Crippen LogP contribution in [0.1, 0.15) is 73.6 Å². The van der Waals surface area contributed by atoms with Crippen LogP contribution in [0.2, 0.25) is 5.02 Å². The molecule has 0 spiro atoms. The van der Waals surface area contributed by atoms with Gasteiger partial charge in [0.15, 0.2) is 0 Å². The van der Waals surface area contributed by atoms with E-state index >= 15 is 0 Å². The molecule has 5 atom stereocenters. The zero-order valence-corrected chi connectivity index (χ0v) is 20.5. The largest absolute Gasteiger partial charge is 0.351 e. The summed E-state index contributed by atoms with van der Waals surface area (Å²) >= 11 is 7.43. The predicted octanol–water partition coefficient (Wildman–Crippen LogP) is 6.71. The van der Waals surface area contributed by atoms with E-state index in [1.807, 2.05) is 52.0 Å². The van der Waals surface area contributed by atoms with Crippen molar-refractivity contribution in [1.82, 2.24) is 10.0 Å². The Hall–Kier alpha value is -0.710. The quantitative estimate of drug-likeness (QED) is 0.485. The zero-order chi connectivity index (χ0) is 21.6. The molecule has 2 bridgehead atoms. The fourth-order valence-electron chi connectivity index (χ4n) is 4.97. The van der Waals surface area contributed by atoms with Crippen LogP contribution in [0.5, 0.6) is 0 Å². The fourth-order valence-corrected chi connectivity index (χ4v) is 5.84. The van der Waals surface area contributed by atoms with Gasteiger partial charge in [-0.2, -0.15) is 0 Å². The number of hydrogen-bond acceptors (Lipinski definition) is 3. The Morgan fingerprint density at radius 1 is 1.14 bits per heavy atom. The van der Waals surface area contributed by atoms with Crippen LogP contribution in [0.3, 0.4) is 0 Å². The zero-order valence-electron chi connectivity index (χ0n) is 18.9. The van der Waals surface area contributed by atoms with Crippen LogP contribution in [0, 0.1) is 23.7 Å². The molecule has 0 heterocycles. The van der Waals surface area contributed by atoms with Crippen LogP contribution in [0.25, 0.3) is 0 Å². The highest BCUT2D eigenvalue weighted by molar-refractivity contribution is 7.97. The maximum atomic E-state index is 13.1. The number of carbonyl (C=O) groups excluding carboxylic acids is 1. The molecular weight excluding hydrogens is 400 g/mol. The molecule has 2 saturated carbocycles. The molecule has 5 heteroatoms. The topological polar surface area (TPSA) is 41.1 Å². The number of halogens is 1. The third kappa shape index (κ3) is 6.63. The molecule has 1 amide bonds. The molecule has 5 unspecified atom stereocenters. The minimum Gasteiger partial charge on any atom is -0.351 e. The third-order valence-corrected chi connectivity index (χ3v) is 7.73. The summed E-state index contributed by atoms with van der Waals surface area (Å²) < 4.78 is 3.34. The minimum atomic E-state index is -0.639. The lowest BCUT2D eigenvalue weighted by atomic mass is 9.62. The first-order valence-electron chi connectivity index (χ1n) is 11.3. The molecule has 0 radical (unpaired) electrons. The normalized spacial score (nSPS) is 28.9. The van der Waals surface area contributed by atoms with Crippen molar-refractivity contribution in [3.05, 3.63) is 29.3 Å². The minimum absolute atomic E-state index is 0.101. The van der Waals surface area contributed by atoms with E-state index in [9.17, 15) is 4.79 Å². The van der Waals surface area contributed by atoms with Gasteiger partial charge in [-0.1, -0.05) is 45.7 Å². The molecule has 0 aromatic heterocycles. The molecule has 3 rings (SSSR count). The lowest BCUT2D eigenvalue weighted by Gasteiger charge is -2.48. The summed E-state index contributed by atoms with van der Waals surface area (Å²) in [6.45, 7) is 12.6. The van der Waals surface area contributed by atoms with Gasteiger partial charge in [-0.15, -0.1) is 0 Å². The van der Waals surface area contributed by atoms with Crippen molar-refractivity contribution in [1.29, 1.82) is 0 Å². The molecular formula is C24H39ClN2OS. The van der Waals surface area contributed by atoms with E-state index in [0.29, 0.717) is 17.9 Å². The van der Waals surface area contributed by atoms with Crippen LogP contribution >= 0.6 is 23.5 Å². The Kier molecular flexibility index (Phi) is 9.37.